The van der Waals surface area contributed by atoms with Gasteiger partial charge in [-0.15, -0.1) is 10.2 Å². The molecule has 2 amide bonds. The summed E-state index contributed by atoms with van der Waals surface area (Å²) in [7, 11) is 0. The number of carbonyl (C=O) groups is 2. The quantitative estimate of drug-likeness (QED) is 0.324. The molecule has 0 atom stereocenters. The largest absolute Gasteiger partial charge is 0.459 e. The van der Waals surface area contributed by atoms with Crippen LogP contribution in [-0.4, -0.2) is 27.8 Å². The summed E-state index contributed by atoms with van der Waals surface area (Å²) in [5.74, 6) is -0.341. The van der Waals surface area contributed by atoms with Gasteiger partial charge in [-0.25, -0.2) is 0 Å². The number of hydrogen-bond donors (Lipinski definition) is 2. The SMILES string of the molecule is O=C(CSc1nnc(-c2ccc(Cl)cc2)o1)Nc1ccc(Cl)cc1NC(=O)c1ccco1. The Bertz CT molecular complexity index is 1240. The van der Waals surface area contributed by atoms with Crippen molar-refractivity contribution >= 4 is 58.2 Å². The van der Waals surface area contributed by atoms with Crippen LogP contribution in [0.1, 0.15) is 10.6 Å². The number of carbonyl (C=O) groups excluding carboxylic acids is 2. The van der Waals surface area contributed by atoms with E-state index in [1.165, 1.54) is 18.4 Å². The Hall–Kier alpha value is -3.27. The van der Waals surface area contributed by atoms with E-state index in [-0.39, 0.29) is 22.6 Å². The van der Waals surface area contributed by atoms with Crippen LogP contribution in [0.3, 0.4) is 0 Å². The van der Waals surface area contributed by atoms with E-state index in [0.29, 0.717) is 27.3 Å². The molecule has 0 fully saturated rings. The molecule has 162 valence electrons. The summed E-state index contributed by atoms with van der Waals surface area (Å²) < 4.78 is 10.7. The van der Waals surface area contributed by atoms with E-state index < -0.39 is 5.91 Å². The number of rotatable bonds is 7. The highest BCUT2D eigenvalue weighted by molar-refractivity contribution is 7.99. The van der Waals surface area contributed by atoms with Crippen LogP contribution in [0.25, 0.3) is 11.5 Å². The molecule has 8 nitrogen and oxygen atoms in total. The number of anilines is 2. The second-order valence-corrected chi connectivity index (χ2v) is 8.14. The summed E-state index contributed by atoms with van der Waals surface area (Å²) in [5, 5.41) is 14.6. The molecule has 2 heterocycles. The highest BCUT2D eigenvalue weighted by atomic mass is 35.5. The van der Waals surface area contributed by atoms with Gasteiger partial charge in [0.2, 0.25) is 11.8 Å². The molecule has 0 saturated carbocycles. The predicted octanol–water partition coefficient (Wildman–Crippen LogP) is 5.62. The van der Waals surface area contributed by atoms with Crippen molar-refractivity contribution in [2.75, 3.05) is 16.4 Å². The molecule has 2 aromatic carbocycles. The second-order valence-electron chi connectivity index (χ2n) is 6.34. The molecule has 32 heavy (non-hydrogen) atoms. The third kappa shape index (κ3) is 5.50. The van der Waals surface area contributed by atoms with Crippen molar-refractivity contribution in [1.29, 1.82) is 0 Å². The lowest BCUT2D eigenvalue weighted by Crippen LogP contribution is -2.17. The second kappa shape index (κ2) is 9.90. The highest BCUT2D eigenvalue weighted by Crippen LogP contribution is 2.28. The average Bonchev–Trinajstić information content (AvgIpc) is 3.47. The van der Waals surface area contributed by atoms with Gasteiger partial charge in [0.25, 0.3) is 11.1 Å². The standard InChI is InChI=1S/C21H14Cl2N4O4S/c22-13-5-3-12(4-6-13)20-26-27-21(31-20)32-11-18(28)24-15-8-7-14(23)10-16(15)25-19(29)17-2-1-9-30-17/h1-10H,11H2,(H,24,28)(H,25,29). The summed E-state index contributed by atoms with van der Waals surface area (Å²) in [6.07, 6.45) is 1.39. The molecule has 0 saturated heterocycles. The van der Waals surface area contributed by atoms with Crippen LogP contribution in [0.5, 0.6) is 0 Å². The topological polar surface area (TPSA) is 110 Å². The number of nitrogens with zero attached hydrogens (tertiary/aromatic N) is 2. The van der Waals surface area contributed by atoms with E-state index in [1.807, 2.05) is 0 Å². The Morgan fingerprint density at radius 3 is 2.47 bits per heavy atom. The number of furan rings is 1. The zero-order valence-corrected chi connectivity index (χ0v) is 18.5. The lowest BCUT2D eigenvalue weighted by atomic mass is 10.2. The Labute approximate surface area is 196 Å². The molecule has 0 aliphatic carbocycles. The Kier molecular flexibility index (Phi) is 6.79. The molecule has 4 rings (SSSR count). The molecule has 0 unspecified atom stereocenters. The highest BCUT2D eigenvalue weighted by Gasteiger charge is 2.15. The maximum Gasteiger partial charge on any atom is 0.291 e. The minimum Gasteiger partial charge on any atom is -0.459 e. The van der Waals surface area contributed by atoms with Gasteiger partial charge in [0.1, 0.15) is 0 Å². The maximum atomic E-state index is 12.5. The fourth-order valence-electron chi connectivity index (χ4n) is 2.61. The molecule has 0 radical (unpaired) electrons. The van der Waals surface area contributed by atoms with E-state index in [2.05, 4.69) is 20.8 Å². The molecular weight excluding hydrogens is 475 g/mol. The number of hydrogen-bond acceptors (Lipinski definition) is 7. The van der Waals surface area contributed by atoms with Crippen LogP contribution < -0.4 is 10.6 Å². The third-order valence-corrected chi connectivity index (χ3v) is 5.38. The molecule has 0 aliphatic heterocycles. The van der Waals surface area contributed by atoms with Crippen molar-refractivity contribution in [3.63, 3.8) is 0 Å². The van der Waals surface area contributed by atoms with Crippen LogP contribution in [0.15, 0.2) is 74.9 Å². The van der Waals surface area contributed by atoms with Gasteiger partial charge in [-0.2, -0.15) is 0 Å². The van der Waals surface area contributed by atoms with E-state index in [9.17, 15) is 9.59 Å². The average molecular weight is 489 g/mol. The van der Waals surface area contributed by atoms with E-state index >= 15 is 0 Å². The summed E-state index contributed by atoms with van der Waals surface area (Å²) in [6.45, 7) is 0. The first kappa shape index (κ1) is 21.9. The smallest absolute Gasteiger partial charge is 0.291 e. The molecule has 4 aromatic rings. The van der Waals surface area contributed by atoms with Crippen molar-refractivity contribution in [3.8, 4) is 11.5 Å². The van der Waals surface area contributed by atoms with Gasteiger partial charge < -0.3 is 19.5 Å². The van der Waals surface area contributed by atoms with Crippen LogP contribution in [-0.2, 0) is 4.79 Å². The summed E-state index contributed by atoms with van der Waals surface area (Å²) in [4.78, 5) is 24.7. The van der Waals surface area contributed by atoms with Gasteiger partial charge >= 0.3 is 0 Å². The van der Waals surface area contributed by atoms with Crippen molar-refractivity contribution in [3.05, 3.63) is 76.7 Å². The number of benzene rings is 2. The van der Waals surface area contributed by atoms with Crippen LogP contribution in [0.4, 0.5) is 11.4 Å². The van der Waals surface area contributed by atoms with E-state index in [4.69, 9.17) is 32.0 Å². The van der Waals surface area contributed by atoms with Crippen LogP contribution in [0.2, 0.25) is 10.0 Å². The fraction of sp³-hybridized carbons (Fsp3) is 0.0476. The molecule has 0 spiro atoms. The fourth-order valence-corrected chi connectivity index (χ4v) is 3.47. The zero-order chi connectivity index (χ0) is 22.5. The van der Waals surface area contributed by atoms with Crippen molar-refractivity contribution < 1.29 is 18.4 Å². The lowest BCUT2D eigenvalue weighted by molar-refractivity contribution is -0.113. The van der Waals surface area contributed by atoms with Crippen LogP contribution in [0, 0.1) is 0 Å². The molecular formula is C21H14Cl2N4O4S. The van der Waals surface area contributed by atoms with Gasteiger partial charge in [-0.1, -0.05) is 35.0 Å². The zero-order valence-electron chi connectivity index (χ0n) is 16.2. The maximum absolute atomic E-state index is 12.5. The van der Waals surface area contributed by atoms with Crippen LogP contribution >= 0.6 is 35.0 Å². The number of aromatic nitrogens is 2. The van der Waals surface area contributed by atoms with Crippen molar-refractivity contribution in [2.24, 2.45) is 0 Å². The van der Waals surface area contributed by atoms with Gasteiger partial charge in [-0.3, -0.25) is 9.59 Å². The van der Waals surface area contributed by atoms with Gasteiger partial charge in [0.15, 0.2) is 5.76 Å². The minimum atomic E-state index is -0.470. The Morgan fingerprint density at radius 1 is 0.938 bits per heavy atom. The van der Waals surface area contributed by atoms with E-state index in [1.54, 1.807) is 42.5 Å². The minimum absolute atomic E-state index is 0.0104. The first-order chi connectivity index (χ1) is 15.5. The van der Waals surface area contributed by atoms with Gasteiger partial charge in [-0.05, 0) is 54.6 Å². The summed E-state index contributed by atoms with van der Waals surface area (Å²) in [6, 6.07) is 14.8. The Morgan fingerprint density at radius 2 is 1.72 bits per heavy atom. The van der Waals surface area contributed by atoms with Crippen molar-refractivity contribution in [1.82, 2.24) is 10.2 Å². The first-order valence-electron chi connectivity index (χ1n) is 9.14. The number of halogens is 2. The molecule has 0 bridgehead atoms. The first-order valence-corrected chi connectivity index (χ1v) is 10.9. The number of nitrogens with one attached hydrogen (secondary N) is 2. The molecule has 2 N–H and O–H groups in total. The van der Waals surface area contributed by atoms with Gasteiger partial charge in [0.05, 0.1) is 23.4 Å². The lowest BCUT2D eigenvalue weighted by Gasteiger charge is -2.12. The summed E-state index contributed by atoms with van der Waals surface area (Å²) >= 11 is 13.0. The van der Waals surface area contributed by atoms with Crippen molar-refractivity contribution in [2.45, 2.75) is 5.22 Å². The molecule has 0 aliphatic rings. The molecule has 2 aromatic heterocycles. The predicted molar refractivity (Wildman–Crippen MR) is 122 cm³/mol. The monoisotopic (exact) mass is 488 g/mol. The van der Waals surface area contributed by atoms with Gasteiger partial charge in [0, 0.05) is 15.6 Å². The Balaban J connectivity index is 1.38. The van der Waals surface area contributed by atoms with E-state index in [0.717, 1.165) is 17.3 Å². The molecule has 11 heteroatoms. The number of thioether (sulfide) groups is 1. The normalized spacial score (nSPS) is 10.7. The number of amides is 2. The third-order valence-electron chi connectivity index (χ3n) is 4.07. The summed E-state index contributed by atoms with van der Waals surface area (Å²) in [5.41, 5.74) is 1.43.